The number of carbonyl (C=O) groups excluding carboxylic acids is 2. The molecule has 0 bridgehead atoms. The summed E-state index contributed by atoms with van der Waals surface area (Å²) >= 11 is 19.4. The smallest absolute Gasteiger partial charge is 0.252 e. The maximum Gasteiger partial charge on any atom is 0.252 e. The molecule has 9 nitrogen and oxygen atoms in total. The first kappa shape index (κ1) is 27.4. The van der Waals surface area contributed by atoms with Gasteiger partial charge in [-0.1, -0.05) is 60.4 Å². The molecule has 0 saturated heterocycles. The Labute approximate surface area is 233 Å². The summed E-state index contributed by atoms with van der Waals surface area (Å²) in [5, 5.41) is 15.8. The highest BCUT2D eigenvalue weighted by atomic mass is 35.5. The number of nitrogens with zero attached hydrogens (tertiary/aromatic N) is 3. The van der Waals surface area contributed by atoms with E-state index in [1.54, 1.807) is 18.2 Å². The van der Waals surface area contributed by atoms with Gasteiger partial charge in [-0.25, -0.2) is 0 Å². The van der Waals surface area contributed by atoms with Crippen LogP contribution in [0.5, 0.6) is 11.5 Å². The van der Waals surface area contributed by atoms with E-state index in [9.17, 15) is 9.59 Å². The summed E-state index contributed by atoms with van der Waals surface area (Å²) in [6.45, 7) is 6.60. The zero-order valence-corrected chi connectivity index (χ0v) is 23.3. The Hall–Kier alpha value is -2.66. The Morgan fingerprint density at radius 2 is 1.78 bits per heavy atom. The molecule has 1 aliphatic rings. The minimum Gasteiger partial charge on any atom is -0.454 e. The number of hydrogen-bond acceptors (Lipinski definition) is 7. The molecule has 1 aliphatic heterocycles. The minimum atomic E-state index is -0.413. The van der Waals surface area contributed by atoms with Gasteiger partial charge in [-0.3, -0.25) is 9.59 Å². The molecule has 3 aromatic rings. The van der Waals surface area contributed by atoms with Crippen molar-refractivity contribution in [3.05, 3.63) is 56.8 Å². The SMILES string of the molecule is CCn1c(SCC(=O)Nc2cc(Cl)c(Cl)cc2Cl)nnc1C(NC(=O)c1ccc2c(c1)OCO2)C(C)C. The second-order valence-electron chi connectivity index (χ2n) is 8.43. The predicted octanol–water partition coefficient (Wildman–Crippen LogP) is 5.84. The normalized spacial score (nSPS) is 13.1. The van der Waals surface area contributed by atoms with Crippen LogP contribution in [-0.4, -0.2) is 39.1 Å². The summed E-state index contributed by atoms with van der Waals surface area (Å²) in [6, 6.07) is 7.60. The molecule has 2 aromatic carbocycles. The number of amides is 2. The second-order valence-corrected chi connectivity index (χ2v) is 10.6. The number of nitrogens with one attached hydrogen (secondary N) is 2. The number of aromatic nitrogens is 3. The van der Waals surface area contributed by atoms with Crippen LogP contribution < -0.4 is 20.1 Å². The van der Waals surface area contributed by atoms with Crippen molar-refractivity contribution >= 4 is 64.1 Å². The number of thioether (sulfide) groups is 1. The quantitative estimate of drug-likeness (QED) is 0.240. The van der Waals surface area contributed by atoms with Gasteiger partial charge in [0, 0.05) is 12.1 Å². The van der Waals surface area contributed by atoms with E-state index in [0.717, 1.165) is 0 Å². The number of carbonyl (C=O) groups is 2. The molecule has 0 fully saturated rings. The topological polar surface area (TPSA) is 107 Å². The first-order chi connectivity index (χ1) is 17.7. The van der Waals surface area contributed by atoms with E-state index in [1.165, 1.54) is 23.9 Å². The molecule has 2 heterocycles. The number of rotatable bonds is 9. The van der Waals surface area contributed by atoms with Crippen molar-refractivity contribution < 1.29 is 19.1 Å². The molecule has 1 unspecified atom stereocenters. The number of anilines is 1. The van der Waals surface area contributed by atoms with Gasteiger partial charge in [-0.2, -0.15) is 0 Å². The van der Waals surface area contributed by atoms with Crippen molar-refractivity contribution in [2.45, 2.75) is 38.5 Å². The molecule has 0 spiro atoms. The zero-order chi connectivity index (χ0) is 26.7. The van der Waals surface area contributed by atoms with E-state index < -0.39 is 6.04 Å². The van der Waals surface area contributed by atoms with Crippen LogP contribution in [-0.2, 0) is 11.3 Å². The van der Waals surface area contributed by atoms with Crippen molar-refractivity contribution in [2.24, 2.45) is 5.92 Å². The fourth-order valence-corrected chi connectivity index (χ4v) is 5.06. The van der Waals surface area contributed by atoms with E-state index in [2.05, 4.69) is 20.8 Å². The summed E-state index contributed by atoms with van der Waals surface area (Å²) < 4.78 is 12.6. The van der Waals surface area contributed by atoms with Crippen molar-refractivity contribution in [1.29, 1.82) is 0 Å². The summed E-state index contributed by atoms with van der Waals surface area (Å²) in [5.41, 5.74) is 0.815. The largest absolute Gasteiger partial charge is 0.454 e. The Balaban J connectivity index is 1.45. The van der Waals surface area contributed by atoms with Crippen molar-refractivity contribution in [2.75, 3.05) is 17.9 Å². The molecule has 1 aromatic heterocycles. The third-order valence-electron chi connectivity index (χ3n) is 5.54. The molecule has 196 valence electrons. The van der Waals surface area contributed by atoms with Crippen molar-refractivity contribution in [1.82, 2.24) is 20.1 Å². The van der Waals surface area contributed by atoms with Gasteiger partial charge in [0.2, 0.25) is 12.7 Å². The molecular weight excluding hydrogens is 561 g/mol. The number of hydrogen-bond donors (Lipinski definition) is 2. The van der Waals surface area contributed by atoms with Crippen molar-refractivity contribution in [3.8, 4) is 11.5 Å². The standard InChI is InChI=1S/C24H24Cl3N5O4S/c1-4-32-22(21(12(2)3)29-23(34)13-5-6-18-19(7-13)36-11-35-18)30-31-24(32)37-10-20(33)28-17-9-15(26)14(25)8-16(17)27/h5-9,12,21H,4,10-11H2,1-3H3,(H,28,33)(H,29,34). The maximum atomic E-state index is 13.0. The van der Waals surface area contributed by atoms with Crippen LogP contribution in [0.2, 0.25) is 15.1 Å². The van der Waals surface area contributed by atoms with Crippen LogP contribution in [0.15, 0.2) is 35.5 Å². The molecule has 13 heteroatoms. The third kappa shape index (κ3) is 6.26. The van der Waals surface area contributed by atoms with Gasteiger partial charge in [0.1, 0.15) is 0 Å². The van der Waals surface area contributed by atoms with E-state index >= 15 is 0 Å². The van der Waals surface area contributed by atoms with Crippen LogP contribution in [0, 0.1) is 5.92 Å². The summed E-state index contributed by atoms with van der Waals surface area (Å²) in [4.78, 5) is 25.6. The summed E-state index contributed by atoms with van der Waals surface area (Å²) in [7, 11) is 0. The maximum absolute atomic E-state index is 13.0. The fourth-order valence-electron chi connectivity index (χ4n) is 3.66. The first-order valence-electron chi connectivity index (χ1n) is 11.4. The molecule has 0 radical (unpaired) electrons. The Kier molecular flexibility index (Phi) is 8.74. The van der Waals surface area contributed by atoms with Crippen LogP contribution >= 0.6 is 46.6 Å². The molecule has 0 aliphatic carbocycles. The average Bonchev–Trinajstić information content (AvgIpc) is 3.50. The Morgan fingerprint density at radius 3 is 2.51 bits per heavy atom. The summed E-state index contributed by atoms with van der Waals surface area (Å²) in [6.07, 6.45) is 0. The van der Waals surface area contributed by atoms with Crippen LogP contribution in [0.25, 0.3) is 0 Å². The average molecular weight is 585 g/mol. The number of benzene rings is 2. The lowest BCUT2D eigenvalue weighted by molar-refractivity contribution is -0.113. The van der Waals surface area contributed by atoms with E-state index in [4.69, 9.17) is 44.3 Å². The third-order valence-corrected chi connectivity index (χ3v) is 7.55. The fraction of sp³-hybridized carbons (Fsp3) is 0.333. The van der Waals surface area contributed by atoms with Crippen LogP contribution in [0.4, 0.5) is 5.69 Å². The predicted molar refractivity (Wildman–Crippen MR) is 144 cm³/mol. The lowest BCUT2D eigenvalue weighted by Gasteiger charge is -2.22. The van der Waals surface area contributed by atoms with Gasteiger partial charge < -0.3 is 24.7 Å². The number of ether oxygens (including phenoxy) is 2. The van der Waals surface area contributed by atoms with Crippen LogP contribution in [0.1, 0.15) is 43.0 Å². The van der Waals surface area contributed by atoms with Gasteiger partial charge >= 0.3 is 0 Å². The Morgan fingerprint density at radius 1 is 1.05 bits per heavy atom. The molecule has 2 amide bonds. The summed E-state index contributed by atoms with van der Waals surface area (Å²) in [5.74, 6) is 1.25. The van der Waals surface area contributed by atoms with Gasteiger partial charge in [0.15, 0.2) is 22.5 Å². The highest BCUT2D eigenvalue weighted by molar-refractivity contribution is 7.99. The molecule has 0 saturated carbocycles. The molecular formula is C24H24Cl3N5O4S. The molecule has 4 rings (SSSR count). The van der Waals surface area contributed by atoms with Gasteiger partial charge in [0.05, 0.1) is 32.5 Å². The van der Waals surface area contributed by atoms with Gasteiger partial charge in [-0.15, -0.1) is 10.2 Å². The lowest BCUT2D eigenvalue weighted by Crippen LogP contribution is -2.33. The van der Waals surface area contributed by atoms with Gasteiger partial charge in [0.25, 0.3) is 5.91 Å². The van der Waals surface area contributed by atoms with Crippen LogP contribution in [0.3, 0.4) is 0 Å². The monoisotopic (exact) mass is 583 g/mol. The number of fused-ring (bicyclic) bond motifs is 1. The lowest BCUT2D eigenvalue weighted by atomic mass is 10.0. The molecule has 1 atom stereocenters. The first-order valence-corrected chi connectivity index (χ1v) is 13.5. The van der Waals surface area contributed by atoms with E-state index in [-0.39, 0.29) is 40.3 Å². The van der Waals surface area contributed by atoms with Crippen molar-refractivity contribution in [3.63, 3.8) is 0 Å². The zero-order valence-electron chi connectivity index (χ0n) is 20.2. The molecule has 2 N–H and O–H groups in total. The van der Waals surface area contributed by atoms with Gasteiger partial charge in [-0.05, 0) is 43.2 Å². The van der Waals surface area contributed by atoms with E-state index in [1.807, 2.05) is 25.3 Å². The molecule has 37 heavy (non-hydrogen) atoms. The second kappa shape index (κ2) is 11.8. The minimum absolute atomic E-state index is 0.0189. The Bertz CT molecular complexity index is 1330. The highest BCUT2D eigenvalue weighted by Gasteiger charge is 2.27. The highest BCUT2D eigenvalue weighted by Crippen LogP contribution is 2.34. The van der Waals surface area contributed by atoms with E-state index in [0.29, 0.717) is 45.3 Å². The number of halogens is 3.